The third-order valence-electron chi connectivity index (χ3n) is 1.70. The van der Waals surface area contributed by atoms with Crippen molar-refractivity contribution in [3.63, 3.8) is 0 Å². The van der Waals surface area contributed by atoms with Crippen LogP contribution in [-0.4, -0.2) is 11.8 Å². The second-order valence-corrected chi connectivity index (χ2v) is 3.18. The third-order valence-corrected chi connectivity index (χ3v) is 1.90. The van der Waals surface area contributed by atoms with Crippen LogP contribution in [0.1, 0.15) is 5.56 Å². The van der Waals surface area contributed by atoms with Gasteiger partial charge in [0.15, 0.2) is 0 Å². The first kappa shape index (κ1) is 7.62. The van der Waals surface area contributed by atoms with Crippen molar-refractivity contribution in [3.05, 3.63) is 23.8 Å². The number of aryl methyl sites for hydroxylation is 1. The number of hydrogen-bond acceptors (Lipinski definition) is 2. The molecule has 0 amide bonds. The molecule has 0 saturated heterocycles. The van der Waals surface area contributed by atoms with Crippen LogP contribution in [0, 0.1) is 6.92 Å². The molecule has 1 aliphatic heterocycles. The van der Waals surface area contributed by atoms with E-state index in [2.05, 4.69) is 4.99 Å². The maximum absolute atomic E-state index is 5.71. The highest BCUT2D eigenvalue weighted by molar-refractivity contribution is 6.66. The van der Waals surface area contributed by atoms with Gasteiger partial charge in [0.25, 0.3) is 0 Å². The number of nitrogens with zero attached hydrogens (tertiary/aromatic N) is 1. The quantitative estimate of drug-likeness (QED) is 0.603. The van der Waals surface area contributed by atoms with Gasteiger partial charge in [0.2, 0.25) is 0 Å². The lowest BCUT2D eigenvalue weighted by molar-refractivity contribution is 0.375. The molecule has 12 heavy (non-hydrogen) atoms. The maximum atomic E-state index is 5.71. The molecule has 0 atom stereocenters. The summed E-state index contributed by atoms with van der Waals surface area (Å²) in [6.45, 7) is 2.40. The van der Waals surface area contributed by atoms with Gasteiger partial charge >= 0.3 is 0 Å². The van der Waals surface area contributed by atoms with Crippen molar-refractivity contribution in [2.75, 3.05) is 6.61 Å². The van der Waals surface area contributed by atoms with Crippen molar-refractivity contribution < 1.29 is 4.74 Å². The molecule has 0 fully saturated rings. The number of hydrogen-bond donors (Lipinski definition) is 0. The highest BCUT2D eigenvalue weighted by atomic mass is 35.5. The van der Waals surface area contributed by atoms with Crippen molar-refractivity contribution in [1.29, 1.82) is 0 Å². The van der Waals surface area contributed by atoms with Crippen molar-refractivity contribution >= 4 is 22.5 Å². The topological polar surface area (TPSA) is 21.6 Å². The summed E-state index contributed by atoms with van der Waals surface area (Å²) in [5.41, 5.74) is 1.99. The van der Waals surface area contributed by atoms with E-state index in [-0.39, 0.29) is 0 Å². The average molecular weight is 182 g/mol. The zero-order valence-electron chi connectivity index (χ0n) is 6.67. The summed E-state index contributed by atoms with van der Waals surface area (Å²) in [4.78, 5) is 4.14. The van der Waals surface area contributed by atoms with Crippen molar-refractivity contribution in [2.24, 2.45) is 4.99 Å². The van der Waals surface area contributed by atoms with E-state index in [4.69, 9.17) is 16.3 Å². The largest absolute Gasteiger partial charge is 0.484 e. The van der Waals surface area contributed by atoms with Crippen LogP contribution >= 0.6 is 11.6 Å². The number of aliphatic imine (C=N–C) groups is 1. The molecule has 1 aromatic carbocycles. The first-order valence-corrected chi connectivity index (χ1v) is 4.10. The zero-order valence-corrected chi connectivity index (χ0v) is 7.43. The second kappa shape index (κ2) is 2.79. The van der Waals surface area contributed by atoms with Crippen LogP contribution in [-0.2, 0) is 0 Å². The minimum atomic E-state index is 0.387. The Morgan fingerprint density at radius 2 is 2.33 bits per heavy atom. The van der Waals surface area contributed by atoms with Crippen LogP contribution in [0.5, 0.6) is 5.75 Å². The summed E-state index contributed by atoms with van der Waals surface area (Å²) in [6.07, 6.45) is 0. The van der Waals surface area contributed by atoms with Crippen LogP contribution < -0.4 is 4.74 Å². The van der Waals surface area contributed by atoms with Gasteiger partial charge in [0.05, 0.1) is 0 Å². The van der Waals surface area contributed by atoms with Crippen LogP contribution in [0.4, 0.5) is 5.69 Å². The highest BCUT2D eigenvalue weighted by Gasteiger charge is 2.10. The summed E-state index contributed by atoms with van der Waals surface area (Å²) in [7, 11) is 0. The van der Waals surface area contributed by atoms with E-state index >= 15 is 0 Å². The first-order chi connectivity index (χ1) is 5.75. The molecular formula is C9H8ClNO. The summed E-state index contributed by atoms with van der Waals surface area (Å²) in [6, 6.07) is 5.86. The number of rotatable bonds is 0. The molecule has 0 aromatic heterocycles. The van der Waals surface area contributed by atoms with Gasteiger partial charge in [-0.15, -0.1) is 0 Å². The van der Waals surface area contributed by atoms with Crippen LogP contribution in [0.2, 0.25) is 0 Å². The Hall–Kier alpha value is -1.02. The molecule has 0 spiro atoms. The van der Waals surface area contributed by atoms with Gasteiger partial charge in [-0.3, -0.25) is 0 Å². The molecule has 2 nitrogen and oxygen atoms in total. The van der Waals surface area contributed by atoms with Crippen LogP contribution in [0.3, 0.4) is 0 Å². The Labute approximate surface area is 75.8 Å². The molecule has 0 unspecified atom stereocenters. The monoisotopic (exact) mass is 181 g/mol. The third kappa shape index (κ3) is 1.30. The van der Waals surface area contributed by atoms with Gasteiger partial charge in [-0.05, 0) is 24.6 Å². The molecule has 62 valence electrons. The van der Waals surface area contributed by atoms with Crippen LogP contribution in [0.15, 0.2) is 23.2 Å². The molecule has 3 heteroatoms. The standard InChI is InChI=1S/C9H8ClNO/c1-6-2-3-7-8(4-6)12-5-9(10)11-7/h2-4H,5H2,1H3. The lowest BCUT2D eigenvalue weighted by atomic mass is 10.2. The molecule has 1 aliphatic rings. The van der Waals surface area contributed by atoms with Crippen LogP contribution in [0.25, 0.3) is 0 Å². The Balaban J connectivity index is 2.51. The number of ether oxygens (including phenoxy) is 1. The normalized spacial score (nSPS) is 14.7. The molecule has 0 N–H and O–H groups in total. The molecule has 1 heterocycles. The van der Waals surface area contributed by atoms with Gasteiger partial charge in [-0.25, -0.2) is 4.99 Å². The van der Waals surface area contributed by atoms with E-state index in [1.807, 2.05) is 25.1 Å². The fraction of sp³-hybridized carbons (Fsp3) is 0.222. The average Bonchev–Trinajstić information content (AvgIpc) is 2.05. The number of fused-ring (bicyclic) bond motifs is 1. The van der Waals surface area contributed by atoms with Gasteiger partial charge in [-0.1, -0.05) is 17.7 Å². The van der Waals surface area contributed by atoms with Crippen molar-refractivity contribution in [1.82, 2.24) is 0 Å². The summed E-state index contributed by atoms with van der Waals surface area (Å²) >= 11 is 5.71. The fourth-order valence-corrected chi connectivity index (χ4v) is 1.28. The predicted octanol–water partition coefficient (Wildman–Crippen LogP) is 2.66. The number of benzene rings is 1. The SMILES string of the molecule is Cc1ccc2c(c1)OCC(Cl)=N2. The molecule has 0 bridgehead atoms. The van der Waals surface area contributed by atoms with Gasteiger partial charge in [0, 0.05) is 0 Å². The fourth-order valence-electron chi connectivity index (χ4n) is 1.13. The van der Waals surface area contributed by atoms with E-state index in [0.717, 1.165) is 11.4 Å². The molecule has 0 radical (unpaired) electrons. The van der Waals surface area contributed by atoms with Crippen molar-refractivity contribution in [3.8, 4) is 5.75 Å². The Morgan fingerprint density at radius 1 is 1.50 bits per heavy atom. The summed E-state index contributed by atoms with van der Waals surface area (Å²) in [5.74, 6) is 0.819. The second-order valence-electron chi connectivity index (χ2n) is 2.75. The minimum Gasteiger partial charge on any atom is -0.484 e. The molecule has 1 aromatic rings. The maximum Gasteiger partial charge on any atom is 0.145 e. The predicted molar refractivity (Wildman–Crippen MR) is 49.6 cm³/mol. The lowest BCUT2D eigenvalue weighted by Crippen LogP contribution is -2.09. The Kier molecular flexibility index (Phi) is 1.77. The summed E-state index contributed by atoms with van der Waals surface area (Å²) < 4.78 is 5.35. The van der Waals surface area contributed by atoms with E-state index in [0.29, 0.717) is 11.8 Å². The first-order valence-electron chi connectivity index (χ1n) is 3.72. The van der Waals surface area contributed by atoms with Gasteiger partial charge in [-0.2, -0.15) is 0 Å². The molecule has 0 aliphatic carbocycles. The van der Waals surface area contributed by atoms with Crippen molar-refractivity contribution in [2.45, 2.75) is 6.92 Å². The zero-order chi connectivity index (χ0) is 8.55. The van der Waals surface area contributed by atoms with E-state index < -0.39 is 0 Å². The summed E-state index contributed by atoms with van der Waals surface area (Å²) in [5, 5.41) is 0.506. The van der Waals surface area contributed by atoms with E-state index in [1.54, 1.807) is 0 Å². The Morgan fingerprint density at radius 3 is 3.17 bits per heavy atom. The van der Waals surface area contributed by atoms with Gasteiger partial charge < -0.3 is 4.74 Å². The van der Waals surface area contributed by atoms with Gasteiger partial charge in [0.1, 0.15) is 23.2 Å². The lowest BCUT2D eigenvalue weighted by Gasteiger charge is -2.13. The molecular weight excluding hydrogens is 174 g/mol. The minimum absolute atomic E-state index is 0.387. The smallest absolute Gasteiger partial charge is 0.145 e. The number of halogens is 1. The molecule has 2 rings (SSSR count). The molecule has 0 saturated carbocycles. The van der Waals surface area contributed by atoms with E-state index in [9.17, 15) is 0 Å². The van der Waals surface area contributed by atoms with E-state index in [1.165, 1.54) is 5.56 Å². The Bertz CT molecular complexity index is 346. The highest BCUT2D eigenvalue weighted by Crippen LogP contribution is 2.31.